The first-order valence-corrected chi connectivity index (χ1v) is 4.22. The highest BCUT2D eigenvalue weighted by molar-refractivity contribution is 4.79. The predicted molar refractivity (Wildman–Crippen MR) is 42.2 cm³/mol. The Bertz CT molecular complexity index is 115. The SMILES string of the molecule is CCC1CN(CC(O)CF)C1. The van der Waals surface area contributed by atoms with E-state index in [1.165, 1.54) is 6.42 Å². The molecule has 66 valence electrons. The van der Waals surface area contributed by atoms with Gasteiger partial charge in [-0.2, -0.15) is 0 Å². The highest BCUT2D eigenvalue weighted by Gasteiger charge is 2.26. The molecule has 1 rings (SSSR count). The van der Waals surface area contributed by atoms with Gasteiger partial charge in [0, 0.05) is 19.6 Å². The molecule has 0 amide bonds. The van der Waals surface area contributed by atoms with E-state index in [2.05, 4.69) is 11.8 Å². The molecule has 1 aliphatic rings. The Kier molecular flexibility index (Phi) is 3.27. The first kappa shape index (κ1) is 8.94. The van der Waals surface area contributed by atoms with Crippen molar-refractivity contribution in [2.24, 2.45) is 5.92 Å². The lowest BCUT2D eigenvalue weighted by molar-refractivity contribution is 0.0290. The van der Waals surface area contributed by atoms with Gasteiger partial charge >= 0.3 is 0 Å². The van der Waals surface area contributed by atoms with E-state index in [1.54, 1.807) is 0 Å². The van der Waals surface area contributed by atoms with Gasteiger partial charge in [0.1, 0.15) is 6.67 Å². The van der Waals surface area contributed by atoms with Crippen LogP contribution in [0.1, 0.15) is 13.3 Å². The molecule has 0 aromatic heterocycles. The second-order valence-electron chi connectivity index (χ2n) is 3.30. The first-order valence-electron chi connectivity index (χ1n) is 4.22. The Morgan fingerprint density at radius 1 is 1.64 bits per heavy atom. The summed E-state index contributed by atoms with van der Waals surface area (Å²) in [4.78, 5) is 2.10. The molecule has 0 spiro atoms. The van der Waals surface area contributed by atoms with Gasteiger partial charge in [0.05, 0.1) is 6.10 Å². The first-order chi connectivity index (χ1) is 5.26. The molecule has 0 saturated carbocycles. The molecule has 0 aliphatic carbocycles. The van der Waals surface area contributed by atoms with Crippen molar-refractivity contribution in [3.8, 4) is 0 Å². The van der Waals surface area contributed by atoms with Crippen molar-refractivity contribution in [2.45, 2.75) is 19.4 Å². The third kappa shape index (κ3) is 2.42. The standard InChI is InChI=1S/C8H16FNO/c1-2-7-4-10(5-7)6-8(11)3-9/h7-8,11H,2-6H2,1H3. The van der Waals surface area contributed by atoms with Crippen LogP contribution >= 0.6 is 0 Å². The largest absolute Gasteiger partial charge is 0.389 e. The van der Waals surface area contributed by atoms with E-state index in [-0.39, 0.29) is 0 Å². The number of aliphatic hydroxyl groups excluding tert-OH is 1. The van der Waals surface area contributed by atoms with Crippen LogP contribution in [-0.4, -0.2) is 42.4 Å². The molecule has 0 aromatic rings. The molecule has 1 heterocycles. The summed E-state index contributed by atoms with van der Waals surface area (Å²) in [5.74, 6) is 0.779. The van der Waals surface area contributed by atoms with E-state index in [4.69, 9.17) is 5.11 Å². The summed E-state index contributed by atoms with van der Waals surface area (Å²) >= 11 is 0. The van der Waals surface area contributed by atoms with Gasteiger partial charge in [-0.1, -0.05) is 13.3 Å². The fraction of sp³-hybridized carbons (Fsp3) is 1.00. The van der Waals surface area contributed by atoms with Gasteiger partial charge in [-0.25, -0.2) is 4.39 Å². The minimum Gasteiger partial charge on any atom is -0.389 e. The second kappa shape index (κ2) is 4.02. The number of aliphatic hydroxyl groups is 1. The summed E-state index contributed by atoms with van der Waals surface area (Å²) in [5, 5.41) is 8.94. The third-order valence-electron chi connectivity index (χ3n) is 2.26. The van der Waals surface area contributed by atoms with Crippen LogP contribution in [0.2, 0.25) is 0 Å². The fourth-order valence-corrected chi connectivity index (χ4v) is 1.43. The van der Waals surface area contributed by atoms with E-state index >= 15 is 0 Å². The van der Waals surface area contributed by atoms with Crippen LogP contribution < -0.4 is 0 Å². The van der Waals surface area contributed by atoms with Crippen LogP contribution in [0.3, 0.4) is 0 Å². The van der Waals surface area contributed by atoms with Crippen molar-refractivity contribution in [2.75, 3.05) is 26.3 Å². The van der Waals surface area contributed by atoms with Crippen molar-refractivity contribution >= 4 is 0 Å². The summed E-state index contributed by atoms with van der Waals surface area (Å²) < 4.78 is 11.8. The van der Waals surface area contributed by atoms with E-state index in [1.807, 2.05) is 0 Å². The van der Waals surface area contributed by atoms with Gasteiger partial charge in [0.15, 0.2) is 0 Å². The molecule has 1 unspecified atom stereocenters. The number of rotatable bonds is 4. The van der Waals surface area contributed by atoms with Gasteiger partial charge in [0.2, 0.25) is 0 Å². The van der Waals surface area contributed by atoms with Gasteiger partial charge in [-0.05, 0) is 5.92 Å². The highest BCUT2D eigenvalue weighted by Crippen LogP contribution is 2.18. The maximum absolute atomic E-state index is 11.8. The zero-order valence-corrected chi connectivity index (χ0v) is 6.96. The normalized spacial score (nSPS) is 23.2. The molecule has 1 atom stereocenters. The summed E-state index contributed by atoms with van der Waals surface area (Å²) in [5.41, 5.74) is 0. The number of halogens is 1. The maximum atomic E-state index is 11.8. The van der Waals surface area contributed by atoms with Crippen molar-refractivity contribution in [1.29, 1.82) is 0 Å². The third-order valence-corrected chi connectivity index (χ3v) is 2.26. The van der Waals surface area contributed by atoms with Gasteiger partial charge < -0.3 is 10.0 Å². The molecule has 0 bridgehead atoms. The summed E-state index contributed by atoms with van der Waals surface area (Å²) in [6.45, 7) is 4.12. The molecule has 1 aliphatic heterocycles. The molecular formula is C8H16FNO. The molecule has 3 heteroatoms. The van der Waals surface area contributed by atoms with Crippen LogP contribution in [0.4, 0.5) is 4.39 Å². The van der Waals surface area contributed by atoms with Gasteiger partial charge in [-0.15, -0.1) is 0 Å². The van der Waals surface area contributed by atoms with Crippen molar-refractivity contribution in [1.82, 2.24) is 4.90 Å². The zero-order chi connectivity index (χ0) is 8.27. The van der Waals surface area contributed by atoms with Gasteiger partial charge in [-0.3, -0.25) is 0 Å². The van der Waals surface area contributed by atoms with E-state index in [0.29, 0.717) is 6.54 Å². The molecule has 1 N–H and O–H groups in total. The van der Waals surface area contributed by atoms with Crippen molar-refractivity contribution < 1.29 is 9.50 Å². The molecule has 11 heavy (non-hydrogen) atoms. The van der Waals surface area contributed by atoms with Crippen LogP contribution in [0.25, 0.3) is 0 Å². The Labute approximate surface area is 67.0 Å². The van der Waals surface area contributed by atoms with Crippen molar-refractivity contribution in [3.63, 3.8) is 0 Å². The molecule has 2 nitrogen and oxygen atoms in total. The Morgan fingerprint density at radius 3 is 2.73 bits per heavy atom. The molecule has 1 fully saturated rings. The smallest absolute Gasteiger partial charge is 0.117 e. The number of hydrogen-bond acceptors (Lipinski definition) is 2. The number of nitrogens with zero attached hydrogens (tertiary/aromatic N) is 1. The zero-order valence-electron chi connectivity index (χ0n) is 6.96. The molecule has 0 aromatic carbocycles. The Balaban J connectivity index is 2.04. The topological polar surface area (TPSA) is 23.5 Å². The predicted octanol–water partition coefficient (Wildman–Crippen LogP) is 0.659. The number of likely N-dealkylation sites (tertiary alicyclic amines) is 1. The lowest BCUT2D eigenvalue weighted by Crippen LogP contribution is -2.49. The summed E-state index contributed by atoms with van der Waals surface area (Å²) in [7, 11) is 0. The lowest BCUT2D eigenvalue weighted by Gasteiger charge is -2.39. The number of alkyl halides is 1. The number of hydrogen-bond donors (Lipinski definition) is 1. The second-order valence-corrected chi connectivity index (χ2v) is 3.30. The van der Waals surface area contributed by atoms with Crippen molar-refractivity contribution in [3.05, 3.63) is 0 Å². The molecule has 1 saturated heterocycles. The fourth-order valence-electron chi connectivity index (χ4n) is 1.43. The van der Waals surface area contributed by atoms with E-state index < -0.39 is 12.8 Å². The average molecular weight is 161 g/mol. The van der Waals surface area contributed by atoms with Crippen LogP contribution in [-0.2, 0) is 0 Å². The summed E-state index contributed by atoms with van der Waals surface area (Å²) in [6.07, 6.45) is 0.426. The summed E-state index contributed by atoms with van der Waals surface area (Å²) in [6, 6.07) is 0. The van der Waals surface area contributed by atoms with E-state index in [9.17, 15) is 4.39 Å². The Hall–Kier alpha value is -0.150. The lowest BCUT2D eigenvalue weighted by atomic mass is 9.97. The van der Waals surface area contributed by atoms with Crippen LogP contribution in [0.15, 0.2) is 0 Å². The average Bonchev–Trinajstić information content (AvgIpc) is 1.95. The maximum Gasteiger partial charge on any atom is 0.117 e. The highest BCUT2D eigenvalue weighted by atomic mass is 19.1. The molecular weight excluding hydrogens is 145 g/mol. The van der Waals surface area contributed by atoms with Crippen LogP contribution in [0, 0.1) is 5.92 Å². The number of β-amino-alcohol motifs (C(OH)–C–C–N with tert-alkyl or cyclic N) is 1. The van der Waals surface area contributed by atoms with E-state index in [0.717, 1.165) is 19.0 Å². The molecule has 0 radical (unpaired) electrons. The monoisotopic (exact) mass is 161 g/mol. The van der Waals surface area contributed by atoms with Gasteiger partial charge in [0.25, 0.3) is 0 Å². The van der Waals surface area contributed by atoms with Crippen LogP contribution in [0.5, 0.6) is 0 Å². The Morgan fingerprint density at radius 2 is 2.27 bits per heavy atom. The minimum atomic E-state index is -0.771. The quantitative estimate of drug-likeness (QED) is 0.654. The minimum absolute atomic E-state index is 0.507.